The van der Waals surface area contributed by atoms with Gasteiger partial charge in [0.25, 0.3) is 0 Å². The second-order valence-corrected chi connectivity index (χ2v) is 3.25. The highest BCUT2D eigenvalue weighted by Gasteiger charge is 1.98. The molecule has 0 bridgehead atoms. The zero-order valence-corrected chi connectivity index (χ0v) is 7.29. The van der Waals surface area contributed by atoms with Gasteiger partial charge in [0.05, 0.1) is 0 Å². The molecular formula is C6H10O2S2. The Kier molecular flexibility index (Phi) is 7.18. The molecule has 4 heteroatoms. The summed E-state index contributed by atoms with van der Waals surface area (Å²) in [6, 6.07) is 0. The van der Waals surface area contributed by atoms with Crippen molar-refractivity contribution in [3.8, 4) is 0 Å². The predicted molar refractivity (Wildman–Crippen MR) is 46.6 cm³/mol. The van der Waals surface area contributed by atoms with Crippen LogP contribution in [0.25, 0.3) is 0 Å². The van der Waals surface area contributed by atoms with Gasteiger partial charge in [-0.1, -0.05) is 11.8 Å². The van der Waals surface area contributed by atoms with Gasteiger partial charge in [-0.2, -0.15) is 12.6 Å². The van der Waals surface area contributed by atoms with Crippen LogP contribution in [0.3, 0.4) is 0 Å². The molecule has 0 N–H and O–H groups in total. The monoisotopic (exact) mass is 178 g/mol. The van der Waals surface area contributed by atoms with E-state index in [4.69, 9.17) is 0 Å². The van der Waals surface area contributed by atoms with E-state index in [-0.39, 0.29) is 5.12 Å². The van der Waals surface area contributed by atoms with Crippen LogP contribution in [0.1, 0.15) is 12.8 Å². The van der Waals surface area contributed by atoms with E-state index in [9.17, 15) is 9.59 Å². The first-order valence-corrected chi connectivity index (χ1v) is 4.63. The largest absolute Gasteiger partial charge is 0.303 e. The first kappa shape index (κ1) is 10.0. The third-order valence-electron chi connectivity index (χ3n) is 0.815. The summed E-state index contributed by atoms with van der Waals surface area (Å²) in [6.07, 6.45) is 1.77. The molecule has 0 saturated carbocycles. The van der Waals surface area contributed by atoms with Crippen molar-refractivity contribution in [2.24, 2.45) is 0 Å². The summed E-state index contributed by atoms with van der Waals surface area (Å²) in [7, 11) is 0. The van der Waals surface area contributed by atoms with Gasteiger partial charge in [-0.25, -0.2) is 0 Å². The van der Waals surface area contributed by atoms with E-state index < -0.39 is 0 Å². The Hall–Kier alpha value is 0.0400. The summed E-state index contributed by atoms with van der Waals surface area (Å²) in [6.45, 7) is 0. The molecule has 58 valence electrons. The van der Waals surface area contributed by atoms with Crippen LogP contribution in [0.4, 0.5) is 0 Å². The maximum atomic E-state index is 10.7. The Morgan fingerprint density at radius 1 is 1.60 bits per heavy atom. The number of carbonyl (C=O) groups is 2. The second kappa shape index (κ2) is 7.15. The minimum Gasteiger partial charge on any atom is -0.303 e. The van der Waals surface area contributed by atoms with Crippen molar-refractivity contribution in [1.82, 2.24) is 0 Å². The van der Waals surface area contributed by atoms with Crippen LogP contribution in [0.15, 0.2) is 0 Å². The Morgan fingerprint density at radius 3 is 2.80 bits per heavy atom. The van der Waals surface area contributed by atoms with Gasteiger partial charge in [-0.15, -0.1) is 0 Å². The lowest BCUT2D eigenvalue weighted by Gasteiger charge is -1.93. The number of hydrogen-bond acceptors (Lipinski definition) is 4. The Balaban J connectivity index is 3.13. The fourth-order valence-corrected chi connectivity index (χ4v) is 1.43. The predicted octanol–water partition coefficient (Wildman–Crippen LogP) is 1.16. The van der Waals surface area contributed by atoms with Gasteiger partial charge in [0.2, 0.25) is 0 Å². The van der Waals surface area contributed by atoms with Crippen molar-refractivity contribution in [3.05, 3.63) is 0 Å². The van der Waals surface area contributed by atoms with E-state index in [1.165, 1.54) is 11.8 Å². The van der Waals surface area contributed by atoms with Gasteiger partial charge >= 0.3 is 0 Å². The lowest BCUT2D eigenvalue weighted by atomic mass is 10.5. The van der Waals surface area contributed by atoms with Crippen LogP contribution in [0.2, 0.25) is 0 Å². The third kappa shape index (κ3) is 6.16. The number of thioether (sulfide) groups is 1. The fraction of sp³-hybridized carbons (Fsp3) is 0.667. The molecule has 0 saturated heterocycles. The minimum atomic E-state index is 0.122. The van der Waals surface area contributed by atoms with Crippen LogP contribution < -0.4 is 0 Å². The molecule has 0 spiro atoms. The molecule has 0 aliphatic carbocycles. The molecule has 2 nitrogen and oxygen atoms in total. The SMILES string of the molecule is O=CCCSC(=O)CCS. The van der Waals surface area contributed by atoms with Crippen LogP contribution >= 0.6 is 24.4 Å². The number of carbonyl (C=O) groups excluding carboxylic acids is 2. The van der Waals surface area contributed by atoms with Crippen molar-refractivity contribution >= 4 is 35.8 Å². The molecule has 0 fully saturated rings. The lowest BCUT2D eigenvalue weighted by Crippen LogP contribution is -1.94. The summed E-state index contributed by atoms with van der Waals surface area (Å²) >= 11 is 5.11. The summed E-state index contributed by atoms with van der Waals surface area (Å²) in [4.78, 5) is 20.5. The van der Waals surface area contributed by atoms with Gasteiger partial charge in [-0.05, 0) is 5.75 Å². The van der Waals surface area contributed by atoms with Gasteiger partial charge < -0.3 is 4.79 Å². The normalized spacial score (nSPS) is 9.30. The number of rotatable bonds is 5. The summed E-state index contributed by atoms with van der Waals surface area (Å²) in [5.74, 6) is 1.20. The number of hydrogen-bond donors (Lipinski definition) is 1. The first-order valence-electron chi connectivity index (χ1n) is 3.01. The van der Waals surface area contributed by atoms with Crippen molar-refractivity contribution in [2.45, 2.75) is 12.8 Å². The molecule has 0 aromatic heterocycles. The average molecular weight is 178 g/mol. The van der Waals surface area contributed by atoms with E-state index in [0.717, 1.165) is 6.29 Å². The van der Waals surface area contributed by atoms with Gasteiger partial charge in [-0.3, -0.25) is 4.79 Å². The summed E-state index contributed by atoms with van der Waals surface area (Å²) < 4.78 is 0. The van der Waals surface area contributed by atoms with Gasteiger partial charge in [0, 0.05) is 18.6 Å². The quantitative estimate of drug-likeness (QED) is 0.389. The van der Waals surface area contributed by atoms with E-state index in [0.29, 0.717) is 24.3 Å². The van der Waals surface area contributed by atoms with Crippen LogP contribution in [-0.2, 0) is 9.59 Å². The molecular weight excluding hydrogens is 168 g/mol. The standard InChI is InChI=1S/C6H10O2S2/c7-3-1-5-10-6(8)2-4-9/h3,9H,1-2,4-5H2. The van der Waals surface area contributed by atoms with Crippen LogP contribution in [-0.4, -0.2) is 22.9 Å². The van der Waals surface area contributed by atoms with Crippen molar-refractivity contribution < 1.29 is 9.59 Å². The highest BCUT2D eigenvalue weighted by atomic mass is 32.2. The molecule has 0 aliphatic rings. The van der Waals surface area contributed by atoms with Crippen LogP contribution in [0.5, 0.6) is 0 Å². The molecule has 0 rings (SSSR count). The highest BCUT2D eigenvalue weighted by molar-refractivity contribution is 8.13. The number of thiol groups is 1. The zero-order valence-electron chi connectivity index (χ0n) is 5.58. The topological polar surface area (TPSA) is 34.1 Å². The molecule has 10 heavy (non-hydrogen) atoms. The molecule has 0 amide bonds. The minimum absolute atomic E-state index is 0.122. The Morgan fingerprint density at radius 2 is 2.30 bits per heavy atom. The molecule has 0 atom stereocenters. The lowest BCUT2D eigenvalue weighted by molar-refractivity contribution is -0.110. The van der Waals surface area contributed by atoms with Crippen LogP contribution in [0, 0.1) is 0 Å². The molecule has 0 radical (unpaired) electrons. The molecule has 0 aromatic rings. The summed E-state index contributed by atoms with van der Waals surface area (Å²) in [5, 5.41) is 0.122. The third-order valence-corrected chi connectivity index (χ3v) is 2.00. The molecule has 0 unspecified atom stereocenters. The first-order chi connectivity index (χ1) is 4.81. The maximum absolute atomic E-state index is 10.7. The fourth-order valence-electron chi connectivity index (χ4n) is 0.384. The van der Waals surface area contributed by atoms with Gasteiger partial charge in [0.15, 0.2) is 5.12 Å². The summed E-state index contributed by atoms with van der Waals surface area (Å²) in [5.41, 5.74) is 0. The van der Waals surface area contributed by atoms with Crippen molar-refractivity contribution in [3.63, 3.8) is 0 Å². The Bertz CT molecular complexity index is 114. The molecule has 0 heterocycles. The molecule has 0 aromatic carbocycles. The van der Waals surface area contributed by atoms with E-state index >= 15 is 0 Å². The smallest absolute Gasteiger partial charge is 0.189 e. The second-order valence-electron chi connectivity index (χ2n) is 1.65. The Labute approximate surface area is 70.2 Å². The number of aldehydes is 1. The van der Waals surface area contributed by atoms with Crippen molar-refractivity contribution in [2.75, 3.05) is 11.5 Å². The zero-order chi connectivity index (χ0) is 7.82. The van der Waals surface area contributed by atoms with Gasteiger partial charge in [0.1, 0.15) is 6.29 Å². The van der Waals surface area contributed by atoms with E-state index in [1.54, 1.807) is 0 Å². The van der Waals surface area contributed by atoms with E-state index in [1.807, 2.05) is 0 Å². The van der Waals surface area contributed by atoms with E-state index in [2.05, 4.69) is 12.6 Å². The molecule has 0 aliphatic heterocycles. The highest BCUT2D eigenvalue weighted by Crippen LogP contribution is 2.06. The maximum Gasteiger partial charge on any atom is 0.189 e. The van der Waals surface area contributed by atoms with Crippen molar-refractivity contribution in [1.29, 1.82) is 0 Å². The average Bonchev–Trinajstić information content (AvgIpc) is 1.89.